The van der Waals surface area contributed by atoms with E-state index in [9.17, 15) is 4.79 Å². The summed E-state index contributed by atoms with van der Waals surface area (Å²) in [7, 11) is 0. The molecule has 1 aromatic carbocycles. The minimum Gasteiger partial charge on any atom is -0.494 e. The summed E-state index contributed by atoms with van der Waals surface area (Å²) >= 11 is 0. The molecule has 0 amide bonds. The summed E-state index contributed by atoms with van der Waals surface area (Å²) in [5.74, 6) is -0.221. The summed E-state index contributed by atoms with van der Waals surface area (Å²) in [4.78, 5) is 18.2. The highest BCUT2D eigenvalue weighted by molar-refractivity contribution is 6.08. The van der Waals surface area contributed by atoms with Crippen molar-refractivity contribution in [3.63, 3.8) is 0 Å². The molecule has 114 valence electrons. The summed E-state index contributed by atoms with van der Waals surface area (Å²) < 4.78 is 5.77. The first-order valence-electron chi connectivity index (χ1n) is 7.46. The second-order valence-corrected chi connectivity index (χ2v) is 5.31. The van der Waals surface area contributed by atoms with E-state index >= 15 is 0 Å². The smallest absolute Gasteiger partial charge is 0.354 e. The molecule has 5 heteroatoms. The van der Waals surface area contributed by atoms with E-state index in [0.29, 0.717) is 6.61 Å². The maximum atomic E-state index is 11.1. The van der Waals surface area contributed by atoms with E-state index in [1.54, 1.807) is 12.3 Å². The lowest BCUT2D eigenvalue weighted by Crippen LogP contribution is -1.98. The normalized spacial score (nSPS) is 11.1. The molecule has 0 fully saturated rings. The van der Waals surface area contributed by atoms with Crippen molar-refractivity contribution in [1.82, 2.24) is 9.97 Å². The van der Waals surface area contributed by atoms with E-state index in [4.69, 9.17) is 9.84 Å². The number of fused-ring (bicyclic) bond motifs is 3. The van der Waals surface area contributed by atoms with E-state index in [0.717, 1.165) is 46.8 Å². The number of pyridine rings is 1. The van der Waals surface area contributed by atoms with Gasteiger partial charge in [-0.1, -0.05) is 19.8 Å². The fourth-order valence-electron chi connectivity index (χ4n) is 2.53. The highest BCUT2D eigenvalue weighted by atomic mass is 16.5. The van der Waals surface area contributed by atoms with Gasteiger partial charge in [-0.05, 0) is 30.7 Å². The molecule has 0 radical (unpaired) electrons. The minimum atomic E-state index is -1.02. The van der Waals surface area contributed by atoms with Crippen molar-refractivity contribution in [2.45, 2.75) is 26.2 Å². The van der Waals surface area contributed by atoms with Gasteiger partial charge < -0.3 is 14.8 Å². The zero-order chi connectivity index (χ0) is 15.5. The SMILES string of the molecule is CCCCCOc1ccc2[nH]c3cnc(C(=O)O)cc3c2c1. The highest BCUT2D eigenvalue weighted by Crippen LogP contribution is 2.29. The lowest BCUT2D eigenvalue weighted by atomic mass is 10.1. The number of carbonyl (C=O) groups is 1. The molecule has 5 nitrogen and oxygen atoms in total. The summed E-state index contributed by atoms with van der Waals surface area (Å²) in [5, 5.41) is 10.9. The average Bonchev–Trinajstić information content (AvgIpc) is 2.88. The van der Waals surface area contributed by atoms with Crippen LogP contribution >= 0.6 is 0 Å². The molecule has 0 spiro atoms. The molecule has 0 aliphatic heterocycles. The first kappa shape index (κ1) is 14.4. The predicted octanol–water partition coefficient (Wildman–Crippen LogP) is 3.98. The fraction of sp³-hybridized carbons (Fsp3) is 0.294. The maximum absolute atomic E-state index is 11.1. The van der Waals surface area contributed by atoms with Crippen LogP contribution in [0.15, 0.2) is 30.5 Å². The summed E-state index contributed by atoms with van der Waals surface area (Å²) in [6.07, 6.45) is 4.91. The number of ether oxygens (including phenoxy) is 1. The van der Waals surface area contributed by atoms with Gasteiger partial charge in [0.25, 0.3) is 0 Å². The monoisotopic (exact) mass is 298 g/mol. The topological polar surface area (TPSA) is 75.2 Å². The first-order chi connectivity index (χ1) is 10.7. The summed E-state index contributed by atoms with van der Waals surface area (Å²) in [6.45, 7) is 2.86. The number of hydrogen-bond acceptors (Lipinski definition) is 3. The Labute approximate surface area is 127 Å². The summed E-state index contributed by atoms with van der Waals surface area (Å²) in [5.41, 5.74) is 1.81. The summed E-state index contributed by atoms with van der Waals surface area (Å²) in [6, 6.07) is 7.42. The van der Waals surface area contributed by atoms with E-state index in [1.165, 1.54) is 0 Å². The number of aromatic amines is 1. The molecule has 22 heavy (non-hydrogen) atoms. The third kappa shape index (κ3) is 2.74. The highest BCUT2D eigenvalue weighted by Gasteiger charge is 2.10. The molecule has 0 bridgehead atoms. The van der Waals surface area contributed by atoms with Gasteiger partial charge in [0.15, 0.2) is 0 Å². The fourth-order valence-corrected chi connectivity index (χ4v) is 2.53. The number of unbranched alkanes of at least 4 members (excludes halogenated alkanes) is 2. The van der Waals surface area contributed by atoms with Gasteiger partial charge in [-0.15, -0.1) is 0 Å². The Morgan fingerprint density at radius 1 is 1.23 bits per heavy atom. The molecule has 0 atom stereocenters. The molecular weight excluding hydrogens is 280 g/mol. The zero-order valence-electron chi connectivity index (χ0n) is 12.4. The van der Waals surface area contributed by atoms with Crippen LogP contribution in [0.1, 0.15) is 36.7 Å². The Hall–Kier alpha value is -2.56. The predicted molar refractivity (Wildman–Crippen MR) is 85.6 cm³/mol. The standard InChI is InChI=1S/C17H18N2O3/c1-2-3-4-7-22-11-5-6-14-12(8-11)13-9-15(17(20)21)18-10-16(13)19-14/h5-6,8-10,19H,2-4,7H2,1H3,(H,20,21). The van der Waals surface area contributed by atoms with Gasteiger partial charge in [0.2, 0.25) is 0 Å². The third-order valence-electron chi connectivity index (χ3n) is 3.69. The molecule has 3 rings (SSSR count). The molecule has 0 aliphatic carbocycles. The van der Waals surface area contributed by atoms with Crippen molar-refractivity contribution in [2.24, 2.45) is 0 Å². The number of benzene rings is 1. The van der Waals surface area contributed by atoms with Crippen molar-refractivity contribution in [3.8, 4) is 5.75 Å². The van der Waals surface area contributed by atoms with Crippen LogP contribution in [0.4, 0.5) is 0 Å². The molecule has 0 unspecified atom stereocenters. The van der Waals surface area contributed by atoms with Crippen LogP contribution in [0.3, 0.4) is 0 Å². The Morgan fingerprint density at radius 3 is 2.82 bits per heavy atom. The van der Waals surface area contributed by atoms with E-state index in [2.05, 4.69) is 16.9 Å². The molecule has 2 N–H and O–H groups in total. The number of nitrogens with zero attached hydrogens (tertiary/aromatic N) is 1. The van der Waals surface area contributed by atoms with Crippen LogP contribution in [0, 0.1) is 0 Å². The van der Waals surface area contributed by atoms with Gasteiger partial charge >= 0.3 is 5.97 Å². The van der Waals surface area contributed by atoms with Crippen LogP contribution in [-0.4, -0.2) is 27.7 Å². The molecule has 2 aromatic heterocycles. The van der Waals surface area contributed by atoms with Gasteiger partial charge in [-0.3, -0.25) is 0 Å². The van der Waals surface area contributed by atoms with Crippen molar-refractivity contribution in [1.29, 1.82) is 0 Å². The Morgan fingerprint density at radius 2 is 2.05 bits per heavy atom. The van der Waals surface area contributed by atoms with Crippen molar-refractivity contribution in [2.75, 3.05) is 6.61 Å². The van der Waals surface area contributed by atoms with Crippen LogP contribution < -0.4 is 4.74 Å². The molecule has 2 heterocycles. The van der Waals surface area contributed by atoms with Crippen LogP contribution in [0.2, 0.25) is 0 Å². The van der Waals surface area contributed by atoms with Crippen molar-refractivity contribution in [3.05, 3.63) is 36.2 Å². The van der Waals surface area contributed by atoms with Gasteiger partial charge in [0, 0.05) is 16.3 Å². The van der Waals surface area contributed by atoms with E-state index in [-0.39, 0.29) is 5.69 Å². The van der Waals surface area contributed by atoms with Gasteiger partial charge in [0.05, 0.1) is 18.3 Å². The molecule has 0 saturated carbocycles. The number of H-pyrrole nitrogens is 1. The van der Waals surface area contributed by atoms with Crippen molar-refractivity contribution >= 4 is 27.8 Å². The van der Waals surface area contributed by atoms with Crippen molar-refractivity contribution < 1.29 is 14.6 Å². The van der Waals surface area contributed by atoms with Gasteiger partial charge in [0.1, 0.15) is 11.4 Å². The maximum Gasteiger partial charge on any atom is 0.354 e. The number of carboxylic acids is 1. The number of aromatic nitrogens is 2. The lowest BCUT2D eigenvalue weighted by molar-refractivity contribution is 0.0690. The van der Waals surface area contributed by atoms with E-state index < -0.39 is 5.97 Å². The number of hydrogen-bond donors (Lipinski definition) is 2. The molecule has 0 saturated heterocycles. The third-order valence-corrected chi connectivity index (χ3v) is 3.69. The van der Waals surface area contributed by atoms with Gasteiger partial charge in [-0.2, -0.15) is 0 Å². The Balaban J connectivity index is 1.96. The second kappa shape index (κ2) is 6.05. The second-order valence-electron chi connectivity index (χ2n) is 5.31. The van der Waals surface area contributed by atoms with E-state index in [1.807, 2.05) is 18.2 Å². The minimum absolute atomic E-state index is 0.0441. The lowest BCUT2D eigenvalue weighted by Gasteiger charge is -2.05. The Kier molecular flexibility index (Phi) is 3.96. The largest absolute Gasteiger partial charge is 0.494 e. The Bertz CT molecular complexity index is 823. The van der Waals surface area contributed by atoms with Gasteiger partial charge in [-0.25, -0.2) is 9.78 Å². The molecular formula is C17H18N2O3. The van der Waals surface area contributed by atoms with Crippen LogP contribution in [0.5, 0.6) is 5.75 Å². The zero-order valence-corrected chi connectivity index (χ0v) is 12.4. The number of aromatic carboxylic acids is 1. The number of rotatable bonds is 6. The number of nitrogens with one attached hydrogen (secondary N) is 1. The quantitative estimate of drug-likeness (QED) is 0.675. The molecule has 3 aromatic rings. The average molecular weight is 298 g/mol. The first-order valence-corrected chi connectivity index (χ1v) is 7.46. The number of carboxylic acid groups (broad SMARTS) is 1. The molecule has 0 aliphatic rings. The van der Waals surface area contributed by atoms with Crippen LogP contribution in [-0.2, 0) is 0 Å². The van der Waals surface area contributed by atoms with Crippen LogP contribution in [0.25, 0.3) is 21.8 Å².